The number of rotatable bonds is 6. The molecule has 2 aromatic carbocycles. The Labute approximate surface area is 145 Å². The summed E-state index contributed by atoms with van der Waals surface area (Å²) in [5.41, 5.74) is 5.28. The van der Waals surface area contributed by atoms with Crippen molar-refractivity contribution in [3.8, 4) is 11.8 Å². The predicted molar refractivity (Wildman–Crippen MR) is 97.5 cm³/mol. The van der Waals surface area contributed by atoms with E-state index >= 15 is 0 Å². The third kappa shape index (κ3) is 3.79. The van der Waals surface area contributed by atoms with Crippen LogP contribution in [0, 0.1) is 11.3 Å². The first-order valence-corrected chi connectivity index (χ1v) is 8.91. The summed E-state index contributed by atoms with van der Waals surface area (Å²) in [6, 6.07) is 17.3. The molecular formula is C22H25NO. The zero-order valence-electron chi connectivity index (χ0n) is 14.6. The fourth-order valence-electron chi connectivity index (χ4n) is 3.35. The van der Waals surface area contributed by atoms with Gasteiger partial charge in [0.1, 0.15) is 5.75 Å². The molecule has 2 nitrogen and oxygen atoms in total. The lowest BCUT2D eigenvalue weighted by Gasteiger charge is -2.13. The number of aryl methyl sites for hydroxylation is 2. The smallest absolute Gasteiger partial charge is 0.119 e. The van der Waals surface area contributed by atoms with E-state index in [4.69, 9.17) is 4.74 Å². The van der Waals surface area contributed by atoms with Gasteiger partial charge in [-0.1, -0.05) is 44.2 Å². The van der Waals surface area contributed by atoms with Crippen LogP contribution in [-0.4, -0.2) is 6.61 Å². The lowest BCUT2D eigenvalue weighted by molar-refractivity contribution is 0.305. The second kappa shape index (κ2) is 7.53. The second-order valence-corrected chi connectivity index (χ2v) is 6.92. The summed E-state index contributed by atoms with van der Waals surface area (Å²) in [4.78, 5) is 0. The van der Waals surface area contributed by atoms with Gasteiger partial charge in [0.25, 0.3) is 0 Å². The van der Waals surface area contributed by atoms with Crippen molar-refractivity contribution in [2.24, 2.45) is 0 Å². The Balaban J connectivity index is 1.57. The highest BCUT2D eigenvalue weighted by Crippen LogP contribution is 2.27. The minimum Gasteiger partial charge on any atom is -0.494 e. The van der Waals surface area contributed by atoms with E-state index in [9.17, 15) is 5.26 Å². The standard InChI is InChI=1S/C22H25NO/c1-16(2)17-6-8-19(9-7-17)21(15-23)12-13-24-22-11-10-18-4-3-5-20(18)14-22/h6-11,14,16,21H,3-5,12-13H2,1-2H3. The average Bonchev–Trinajstić information content (AvgIpc) is 3.06. The van der Waals surface area contributed by atoms with Crippen LogP contribution < -0.4 is 4.74 Å². The molecule has 0 saturated heterocycles. The largest absolute Gasteiger partial charge is 0.494 e. The van der Waals surface area contributed by atoms with E-state index in [0.29, 0.717) is 18.9 Å². The zero-order valence-corrected chi connectivity index (χ0v) is 14.6. The van der Waals surface area contributed by atoms with Gasteiger partial charge in [0.15, 0.2) is 0 Å². The molecule has 0 heterocycles. The van der Waals surface area contributed by atoms with Gasteiger partial charge in [0.05, 0.1) is 18.6 Å². The summed E-state index contributed by atoms with van der Waals surface area (Å²) in [5.74, 6) is 1.34. The van der Waals surface area contributed by atoms with Crippen molar-refractivity contribution >= 4 is 0 Å². The molecule has 1 aliphatic rings. The Bertz CT molecular complexity index is 725. The maximum absolute atomic E-state index is 9.48. The summed E-state index contributed by atoms with van der Waals surface area (Å²) in [5, 5.41) is 9.48. The molecule has 0 radical (unpaired) electrons. The van der Waals surface area contributed by atoms with Crippen LogP contribution >= 0.6 is 0 Å². The van der Waals surface area contributed by atoms with Crippen LogP contribution in [0.5, 0.6) is 5.75 Å². The number of benzene rings is 2. The van der Waals surface area contributed by atoms with E-state index in [1.165, 1.54) is 29.5 Å². The molecule has 1 unspecified atom stereocenters. The molecule has 2 aromatic rings. The topological polar surface area (TPSA) is 33.0 Å². The summed E-state index contributed by atoms with van der Waals surface area (Å²) in [6.07, 6.45) is 4.32. The Kier molecular flexibility index (Phi) is 5.20. The third-order valence-corrected chi connectivity index (χ3v) is 4.91. The minimum absolute atomic E-state index is 0.111. The number of ether oxygens (including phenoxy) is 1. The Morgan fingerprint density at radius 1 is 1.00 bits per heavy atom. The van der Waals surface area contributed by atoms with Gasteiger partial charge < -0.3 is 4.74 Å². The van der Waals surface area contributed by atoms with Gasteiger partial charge in [-0.25, -0.2) is 0 Å². The van der Waals surface area contributed by atoms with Gasteiger partial charge >= 0.3 is 0 Å². The molecule has 0 spiro atoms. The predicted octanol–water partition coefficient (Wildman–Crippen LogP) is 5.37. The van der Waals surface area contributed by atoms with Gasteiger partial charge in [0, 0.05) is 6.42 Å². The van der Waals surface area contributed by atoms with E-state index < -0.39 is 0 Å². The molecule has 124 valence electrons. The number of hydrogen-bond acceptors (Lipinski definition) is 2. The molecule has 0 bridgehead atoms. The fraction of sp³-hybridized carbons (Fsp3) is 0.409. The number of fused-ring (bicyclic) bond motifs is 1. The van der Waals surface area contributed by atoms with E-state index in [1.54, 1.807) is 0 Å². The molecule has 24 heavy (non-hydrogen) atoms. The van der Waals surface area contributed by atoms with Crippen LogP contribution in [0.2, 0.25) is 0 Å². The van der Waals surface area contributed by atoms with Crippen molar-refractivity contribution in [3.05, 3.63) is 64.7 Å². The summed E-state index contributed by atoms with van der Waals surface area (Å²) >= 11 is 0. The van der Waals surface area contributed by atoms with E-state index in [0.717, 1.165) is 17.7 Å². The summed E-state index contributed by atoms with van der Waals surface area (Å²) in [6.45, 7) is 4.94. The molecule has 0 aromatic heterocycles. The minimum atomic E-state index is -0.111. The van der Waals surface area contributed by atoms with E-state index in [2.05, 4.69) is 62.4 Å². The SMILES string of the molecule is CC(C)c1ccc(C(C#N)CCOc2ccc3c(c2)CCC3)cc1. The van der Waals surface area contributed by atoms with Gasteiger partial charge in [-0.15, -0.1) is 0 Å². The molecular weight excluding hydrogens is 294 g/mol. The maximum atomic E-state index is 9.48. The van der Waals surface area contributed by atoms with Crippen LogP contribution in [0.3, 0.4) is 0 Å². The summed E-state index contributed by atoms with van der Waals surface area (Å²) in [7, 11) is 0. The molecule has 0 N–H and O–H groups in total. The molecule has 3 rings (SSSR count). The van der Waals surface area contributed by atoms with Crippen LogP contribution in [0.4, 0.5) is 0 Å². The molecule has 1 aliphatic carbocycles. The van der Waals surface area contributed by atoms with Crippen LogP contribution in [-0.2, 0) is 12.8 Å². The van der Waals surface area contributed by atoms with Gasteiger partial charge in [0.2, 0.25) is 0 Å². The van der Waals surface area contributed by atoms with E-state index in [-0.39, 0.29) is 5.92 Å². The van der Waals surface area contributed by atoms with Crippen molar-refractivity contribution in [3.63, 3.8) is 0 Å². The van der Waals surface area contributed by atoms with Crippen LogP contribution in [0.1, 0.15) is 60.8 Å². The molecule has 1 atom stereocenters. The Hall–Kier alpha value is -2.27. The normalized spacial score (nSPS) is 14.2. The number of nitriles is 1. The second-order valence-electron chi connectivity index (χ2n) is 6.92. The third-order valence-electron chi connectivity index (χ3n) is 4.91. The molecule has 0 saturated carbocycles. The highest BCUT2D eigenvalue weighted by Gasteiger charge is 2.13. The first kappa shape index (κ1) is 16.6. The lowest BCUT2D eigenvalue weighted by atomic mass is 9.94. The summed E-state index contributed by atoms with van der Waals surface area (Å²) < 4.78 is 5.90. The highest BCUT2D eigenvalue weighted by molar-refractivity contribution is 5.38. The lowest BCUT2D eigenvalue weighted by Crippen LogP contribution is -2.05. The monoisotopic (exact) mass is 319 g/mol. The van der Waals surface area contributed by atoms with Crippen molar-refractivity contribution in [2.75, 3.05) is 6.61 Å². The average molecular weight is 319 g/mol. The number of hydrogen-bond donors (Lipinski definition) is 0. The fourth-order valence-corrected chi connectivity index (χ4v) is 3.35. The Morgan fingerprint density at radius 3 is 2.42 bits per heavy atom. The first-order chi connectivity index (χ1) is 11.7. The Morgan fingerprint density at radius 2 is 1.71 bits per heavy atom. The molecule has 2 heteroatoms. The van der Waals surface area contributed by atoms with Gasteiger partial charge in [-0.2, -0.15) is 5.26 Å². The highest BCUT2D eigenvalue weighted by atomic mass is 16.5. The van der Waals surface area contributed by atoms with E-state index in [1.807, 2.05) is 0 Å². The van der Waals surface area contributed by atoms with Crippen molar-refractivity contribution in [2.45, 2.75) is 51.4 Å². The molecule has 0 amide bonds. The van der Waals surface area contributed by atoms with Crippen LogP contribution in [0.15, 0.2) is 42.5 Å². The molecule has 0 aliphatic heterocycles. The zero-order chi connectivity index (χ0) is 16.9. The van der Waals surface area contributed by atoms with Crippen molar-refractivity contribution in [1.29, 1.82) is 5.26 Å². The quantitative estimate of drug-likeness (QED) is 0.716. The van der Waals surface area contributed by atoms with Crippen molar-refractivity contribution in [1.82, 2.24) is 0 Å². The van der Waals surface area contributed by atoms with Gasteiger partial charge in [-0.3, -0.25) is 0 Å². The molecule has 0 fully saturated rings. The maximum Gasteiger partial charge on any atom is 0.119 e. The van der Waals surface area contributed by atoms with Crippen LogP contribution in [0.25, 0.3) is 0 Å². The number of nitrogens with zero attached hydrogens (tertiary/aromatic N) is 1. The van der Waals surface area contributed by atoms with Crippen molar-refractivity contribution < 1.29 is 4.74 Å². The first-order valence-electron chi connectivity index (χ1n) is 8.91. The van der Waals surface area contributed by atoms with Gasteiger partial charge in [-0.05, 0) is 59.6 Å².